The quantitative estimate of drug-likeness (QED) is 0.501. The van der Waals surface area contributed by atoms with Gasteiger partial charge in [-0.1, -0.05) is 18.6 Å². The van der Waals surface area contributed by atoms with Crippen molar-refractivity contribution in [3.8, 4) is 0 Å². The molecule has 0 atom stereocenters. The minimum atomic E-state index is -0.575. The number of aliphatic hydroxyl groups is 1. The Balaban J connectivity index is 1.48. The molecule has 1 aliphatic carbocycles. The van der Waals surface area contributed by atoms with Gasteiger partial charge in [-0.15, -0.1) is 0 Å². The highest BCUT2D eigenvalue weighted by Gasteiger charge is 2.26. The first-order chi connectivity index (χ1) is 17.0. The molecular formula is C27H33N5O3. The largest absolute Gasteiger partial charge is 0.393 e. The van der Waals surface area contributed by atoms with Gasteiger partial charge in [0.25, 0.3) is 5.91 Å². The van der Waals surface area contributed by atoms with E-state index in [2.05, 4.69) is 26.9 Å². The fourth-order valence-electron chi connectivity index (χ4n) is 5.37. The third-order valence-corrected chi connectivity index (χ3v) is 7.27. The van der Waals surface area contributed by atoms with Crippen LogP contribution in [-0.2, 0) is 6.54 Å². The Labute approximate surface area is 205 Å². The molecule has 8 heteroatoms. The summed E-state index contributed by atoms with van der Waals surface area (Å²) in [5.41, 5.74) is 9.10. The van der Waals surface area contributed by atoms with Gasteiger partial charge in [0.15, 0.2) is 0 Å². The molecule has 0 bridgehead atoms. The number of nitrogens with two attached hydrogens (primary N) is 1. The Morgan fingerprint density at radius 2 is 1.74 bits per heavy atom. The lowest BCUT2D eigenvalue weighted by atomic mass is 9.93. The van der Waals surface area contributed by atoms with E-state index in [1.165, 1.54) is 30.9 Å². The molecule has 1 aliphatic heterocycles. The number of aromatic nitrogens is 2. The van der Waals surface area contributed by atoms with Crippen LogP contribution < -0.4 is 11.1 Å². The number of aliphatic hydroxyl groups excluding tert-OH is 1. The maximum atomic E-state index is 13.1. The fourth-order valence-corrected chi connectivity index (χ4v) is 5.37. The van der Waals surface area contributed by atoms with Crippen LogP contribution in [0.1, 0.15) is 77.3 Å². The Hall–Kier alpha value is -3.23. The number of imidazole rings is 1. The summed E-state index contributed by atoms with van der Waals surface area (Å²) < 4.78 is 2.14. The van der Waals surface area contributed by atoms with Gasteiger partial charge in [0.05, 0.1) is 17.1 Å². The molecule has 4 N–H and O–H groups in total. The first-order valence-electron chi connectivity index (χ1n) is 12.6. The van der Waals surface area contributed by atoms with Crippen LogP contribution in [0.15, 0.2) is 42.5 Å². The second-order valence-corrected chi connectivity index (χ2v) is 9.83. The molecule has 8 nitrogen and oxygen atoms in total. The number of rotatable bonds is 6. The van der Waals surface area contributed by atoms with Gasteiger partial charge in [-0.3, -0.25) is 19.8 Å². The monoisotopic (exact) mass is 475 g/mol. The predicted molar refractivity (Wildman–Crippen MR) is 135 cm³/mol. The molecule has 5 rings (SSSR count). The standard InChI is InChI=1S/C27H33N5O3/c28-25(34)19-5-4-6-20(16-19)26(35)30-27-29-23-12-7-18(17-31-13-2-1-3-14-31)15-24(23)32(27)21-8-10-22(33)11-9-21/h4-7,12,15-16,21-22,33H,1-3,8-11,13-14,17H2,(H2,28,34)(H,29,30,35). The zero-order chi connectivity index (χ0) is 24.4. The first-order valence-corrected chi connectivity index (χ1v) is 12.6. The van der Waals surface area contributed by atoms with Gasteiger partial charge in [-0.05, 0) is 87.5 Å². The van der Waals surface area contributed by atoms with E-state index in [1.807, 2.05) is 6.07 Å². The van der Waals surface area contributed by atoms with Gasteiger partial charge >= 0.3 is 0 Å². The zero-order valence-electron chi connectivity index (χ0n) is 19.9. The Morgan fingerprint density at radius 3 is 2.49 bits per heavy atom. The van der Waals surface area contributed by atoms with Crippen molar-refractivity contribution in [2.75, 3.05) is 18.4 Å². The molecule has 184 valence electrons. The van der Waals surface area contributed by atoms with E-state index < -0.39 is 5.91 Å². The number of amides is 2. The summed E-state index contributed by atoms with van der Waals surface area (Å²) in [7, 11) is 0. The van der Waals surface area contributed by atoms with E-state index in [9.17, 15) is 14.7 Å². The molecule has 0 radical (unpaired) electrons. The van der Waals surface area contributed by atoms with Crippen LogP contribution in [0.2, 0.25) is 0 Å². The Bertz CT molecular complexity index is 1220. The van der Waals surface area contributed by atoms with Crippen molar-refractivity contribution in [2.24, 2.45) is 5.73 Å². The number of carbonyl (C=O) groups is 2. The average molecular weight is 476 g/mol. The summed E-state index contributed by atoms with van der Waals surface area (Å²) in [6, 6.07) is 12.9. The van der Waals surface area contributed by atoms with Crippen LogP contribution in [-0.4, -0.2) is 50.6 Å². The molecule has 0 spiro atoms. The number of piperidine rings is 1. The summed E-state index contributed by atoms with van der Waals surface area (Å²) in [5, 5.41) is 13.0. The number of primary amides is 1. The number of hydrogen-bond donors (Lipinski definition) is 3. The number of hydrogen-bond acceptors (Lipinski definition) is 5. The van der Waals surface area contributed by atoms with Crippen molar-refractivity contribution in [3.63, 3.8) is 0 Å². The van der Waals surface area contributed by atoms with Gasteiger partial charge in [0.1, 0.15) is 0 Å². The maximum Gasteiger partial charge on any atom is 0.257 e. The minimum absolute atomic E-state index is 0.140. The minimum Gasteiger partial charge on any atom is -0.393 e. The highest BCUT2D eigenvalue weighted by atomic mass is 16.3. The van der Waals surface area contributed by atoms with Crippen molar-refractivity contribution in [2.45, 2.75) is 63.6 Å². The van der Waals surface area contributed by atoms with E-state index in [0.717, 1.165) is 56.4 Å². The van der Waals surface area contributed by atoms with Crippen LogP contribution in [0.4, 0.5) is 5.95 Å². The van der Waals surface area contributed by atoms with Crippen molar-refractivity contribution in [1.29, 1.82) is 0 Å². The molecule has 0 unspecified atom stereocenters. The molecule has 1 saturated heterocycles. The van der Waals surface area contributed by atoms with Crippen LogP contribution >= 0.6 is 0 Å². The number of anilines is 1. The van der Waals surface area contributed by atoms with Crippen molar-refractivity contribution in [1.82, 2.24) is 14.5 Å². The van der Waals surface area contributed by atoms with E-state index in [1.54, 1.807) is 18.2 Å². The Kier molecular flexibility index (Phi) is 6.83. The average Bonchev–Trinajstić information content (AvgIpc) is 3.22. The van der Waals surface area contributed by atoms with E-state index in [-0.39, 0.29) is 23.6 Å². The SMILES string of the molecule is NC(=O)c1cccc(C(=O)Nc2nc3ccc(CN4CCCCC4)cc3n2C2CCC(O)CC2)c1. The van der Waals surface area contributed by atoms with Crippen LogP contribution in [0.5, 0.6) is 0 Å². The second-order valence-electron chi connectivity index (χ2n) is 9.83. The van der Waals surface area contributed by atoms with Gasteiger partial charge in [-0.2, -0.15) is 0 Å². The molecule has 1 aromatic heterocycles. The van der Waals surface area contributed by atoms with Gasteiger partial charge in [0, 0.05) is 23.7 Å². The topological polar surface area (TPSA) is 113 Å². The molecular weight excluding hydrogens is 442 g/mol. The molecule has 2 aliphatic rings. The first kappa shape index (κ1) is 23.5. The molecule has 2 aromatic carbocycles. The van der Waals surface area contributed by atoms with E-state index in [4.69, 9.17) is 10.7 Å². The number of nitrogens with one attached hydrogen (secondary N) is 1. The summed E-state index contributed by atoms with van der Waals surface area (Å²) in [6.45, 7) is 3.17. The molecule has 2 amide bonds. The van der Waals surface area contributed by atoms with Crippen LogP contribution in [0, 0.1) is 0 Å². The van der Waals surface area contributed by atoms with E-state index >= 15 is 0 Å². The van der Waals surface area contributed by atoms with E-state index in [0.29, 0.717) is 11.5 Å². The lowest BCUT2D eigenvalue weighted by Gasteiger charge is -2.28. The zero-order valence-corrected chi connectivity index (χ0v) is 19.9. The summed E-state index contributed by atoms with van der Waals surface area (Å²) in [6.07, 6.45) is 6.63. The fraction of sp³-hybridized carbons (Fsp3) is 0.444. The number of fused-ring (bicyclic) bond motifs is 1. The van der Waals surface area contributed by atoms with Crippen LogP contribution in [0.3, 0.4) is 0 Å². The normalized spacial score (nSPS) is 21.2. The summed E-state index contributed by atoms with van der Waals surface area (Å²) in [4.78, 5) is 32.0. The number of benzene rings is 2. The smallest absolute Gasteiger partial charge is 0.257 e. The number of carbonyl (C=O) groups excluding carboxylic acids is 2. The molecule has 1 saturated carbocycles. The Morgan fingerprint density at radius 1 is 1.00 bits per heavy atom. The van der Waals surface area contributed by atoms with Crippen molar-refractivity contribution in [3.05, 3.63) is 59.2 Å². The van der Waals surface area contributed by atoms with Gasteiger partial charge in [0.2, 0.25) is 11.9 Å². The van der Waals surface area contributed by atoms with Crippen molar-refractivity contribution < 1.29 is 14.7 Å². The third kappa shape index (κ3) is 5.23. The lowest BCUT2D eigenvalue weighted by Crippen LogP contribution is -2.29. The summed E-state index contributed by atoms with van der Waals surface area (Å²) in [5.74, 6) is -0.422. The summed E-state index contributed by atoms with van der Waals surface area (Å²) >= 11 is 0. The van der Waals surface area contributed by atoms with Gasteiger partial charge in [-0.25, -0.2) is 4.98 Å². The predicted octanol–water partition coefficient (Wildman–Crippen LogP) is 3.85. The molecule has 2 heterocycles. The number of likely N-dealkylation sites (tertiary alicyclic amines) is 1. The second kappa shape index (κ2) is 10.2. The third-order valence-electron chi connectivity index (χ3n) is 7.27. The van der Waals surface area contributed by atoms with Gasteiger partial charge < -0.3 is 15.4 Å². The number of nitrogens with zero attached hydrogens (tertiary/aromatic N) is 3. The maximum absolute atomic E-state index is 13.1. The van der Waals surface area contributed by atoms with Crippen LogP contribution in [0.25, 0.3) is 11.0 Å². The highest BCUT2D eigenvalue weighted by molar-refractivity contribution is 6.05. The molecule has 35 heavy (non-hydrogen) atoms. The molecule has 2 fully saturated rings. The molecule has 3 aromatic rings. The highest BCUT2D eigenvalue weighted by Crippen LogP contribution is 2.35. The van der Waals surface area contributed by atoms with Crippen molar-refractivity contribution >= 4 is 28.8 Å². The lowest BCUT2D eigenvalue weighted by molar-refractivity contribution is 0.1000.